The Balaban J connectivity index is 1.74. The van der Waals surface area contributed by atoms with Crippen LogP contribution in [0.2, 0.25) is 0 Å². The number of aliphatic carboxylic acids is 1. The summed E-state index contributed by atoms with van der Waals surface area (Å²) in [7, 11) is 1.64. The van der Waals surface area contributed by atoms with Crippen molar-refractivity contribution in [2.45, 2.75) is 25.3 Å². The lowest BCUT2D eigenvalue weighted by atomic mass is 10.1. The summed E-state index contributed by atoms with van der Waals surface area (Å²) in [6.45, 7) is 0.727. The molecule has 0 aliphatic carbocycles. The summed E-state index contributed by atoms with van der Waals surface area (Å²) in [5, 5.41) is 9.94. The number of nitrogens with zero attached hydrogens (tertiary/aromatic N) is 3. The summed E-state index contributed by atoms with van der Waals surface area (Å²) in [6.07, 6.45) is 2.15. The number of methoxy groups -OCH3 is 1. The quantitative estimate of drug-likeness (QED) is 0.910. The smallest absolute Gasteiger partial charge is 0.326 e. The zero-order valence-electron chi connectivity index (χ0n) is 12.2. The minimum atomic E-state index is -0.790. The molecule has 0 amide bonds. The van der Waals surface area contributed by atoms with Gasteiger partial charge < -0.3 is 14.7 Å². The molecule has 1 aliphatic rings. The van der Waals surface area contributed by atoms with Crippen molar-refractivity contribution >= 4 is 22.6 Å². The molecule has 2 heterocycles. The van der Waals surface area contributed by atoms with Crippen LogP contribution in [0.3, 0.4) is 0 Å². The molecule has 0 spiro atoms. The summed E-state index contributed by atoms with van der Waals surface area (Å²) in [6, 6.07) is 7.31. The van der Waals surface area contributed by atoms with Crippen LogP contribution in [0.4, 0.5) is 5.13 Å². The fraction of sp³-hybridized carbons (Fsp3) is 0.400. The topological polar surface area (TPSA) is 75.5 Å². The number of carboxylic acid groups (broad SMARTS) is 1. The Labute approximate surface area is 132 Å². The minimum Gasteiger partial charge on any atom is -0.497 e. The van der Waals surface area contributed by atoms with Crippen molar-refractivity contribution in [2.24, 2.45) is 0 Å². The molecule has 1 fully saturated rings. The molecule has 1 aromatic heterocycles. The number of benzene rings is 1. The van der Waals surface area contributed by atoms with E-state index >= 15 is 0 Å². The number of carbonyl (C=O) groups is 1. The van der Waals surface area contributed by atoms with Crippen molar-refractivity contribution in [1.82, 2.24) is 9.36 Å². The van der Waals surface area contributed by atoms with Gasteiger partial charge in [-0.25, -0.2) is 9.78 Å². The van der Waals surface area contributed by atoms with Gasteiger partial charge in [-0.1, -0.05) is 12.1 Å². The van der Waals surface area contributed by atoms with E-state index in [1.54, 1.807) is 7.11 Å². The SMILES string of the molecule is COc1cccc(Cc2nsc(N3CCC[C@H]3C(=O)O)n2)c1. The second-order valence-corrected chi connectivity index (χ2v) is 5.94. The van der Waals surface area contributed by atoms with Gasteiger partial charge in [0.05, 0.1) is 7.11 Å². The molecule has 22 heavy (non-hydrogen) atoms. The van der Waals surface area contributed by atoms with Gasteiger partial charge in [0.15, 0.2) is 0 Å². The van der Waals surface area contributed by atoms with Crippen LogP contribution in [0.1, 0.15) is 24.2 Å². The molecule has 1 N–H and O–H groups in total. The van der Waals surface area contributed by atoms with Gasteiger partial charge in [0, 0.05) is 24.5 Å². The molecule has 1 atom stereocenters. The van der Waals surface area contributed by atoms with Gasteiger partial charge in [-0.05, 0) is 30.5 Å². The molecule has 7 heteroatoms. The first-order valence-corrected chi connectivity index (χ1v) is 7.89. The number of ether oxygens (including phenoxy) is 1. The predicted octanol–water partition coefficient (Wildman–Crippen LogP) is 2.19. The van der Waals surface area contributed by atoms with E-state index in [0.29, 0.717) is 23.8 Å². The Hall–Kier alpha value is -2.15. The Morgan fingerprint density at radius 1 is 1.55 bits per heavy atom. The van der Waals surface area contributed by atoms with Gasteiger partial charge in [-0.15, -0.1) is 0 Å². The summed E-state index contributed by atoms with van der Waals surface area (Å²) in [5.74, 6) is 0.727. The van der Waals surface area contributed by atoms with E-state index in [4.69, 9.17) is 4.74 Å². The third-order valence-corrected chi connectivity index (χ3v) is 4.53. The largest absolute Gasteiger partial charge is 0.497 e. The van der Waals surface area contributed by atoms with Crippen molar-refractivity contribution in [2.75, 3.05) is 18.6 Å². The molecule has 0 radical (unpaired) electrons. The number of anilines is 1. The van der Waals surface area contributed by atoms with Gasteiger partial charge in [0.1, 0.15) is 17.6 Å². The average Bonchev–Trinajstić information content (AvgIpc) is 3.15. The number of hydrogen-bond acceptors (Lipinski definition) is 6. The van der Waals surface area contributed by atoms with Crippen LogP contribution in [0, 0.1) is 0 Å². The van der Waals surface area contributed by atoms with Gasteiger partial charge in [-0.3, -0.25) is 0 Å². The normalized spacial score (nSPS) is 17.7. The summed E-state index contributed by atoms with van der Waals surface area (Å²) >= 11 is 1.27. The van der Waals surface area contributed by atoms with Crippen LogP contribution in [-0.2, 0) is 11.2 Å². The maximum absolute atomic E-state index is 11.3. The van der Waals surface area contributed by atoms with E-state index in [1.165, 1.54) is 11.5 Å². The second-order valence-electron chi connectivity index (χ2n) is 5.21. The number of hydrogen-bond donors (Lipinski definition) is 1. The van der Waals surface area contributed by atoms with E-state index in [9.17, 15) is 9.90 Å². The molecule has 0 saturated carbocycles. The molecule has 6 nitrogen and oxygen atoms in total. The van der Waals surface area contributed by atoms with Gasteiger partial charge in [-0.2, -0.15) is 4.37 Å². The molecule has 0 bridgehead atoms. The fourth-order valence-corrected chi connectivity index (χ4v) is 3.41. The lowest BCUT2D eigenvalue weighted by Gasteiger charge is -2.19. The number of aromatic nitrogens is 2. The van der Waals surface area contributed by atoms with Gasteiger partial charge >= 0.3 is 5.97 Å². The van der Waals surface area contributed by atoms with Crippen LogP contribution in [-0.4, -0.2) is 40.1 Å². The molecule has 1 aliphatic heterocycles. The molecule has 3 rings (SSSR count). The van der Waals surface area contributed by atoms with Crippen molar-refractivity contribution in [3.05, 3.63) is 35.7 Å². The Bertz CT molecular complexity index is 674. The minimum absolute atomic E-state index is 0.474. The molecule has 1 saturated heterocycles. The summed E-state index contributed by atoms with van der Waals surface area (Å²) < 4.78 is 9.57. The Kier molecular flexibility index (Phi) is 4.24. The highest BCUT2D eigenvalue weighted by Gasteiger charge is 2.32. The second kappa shape index (κ2) is 6.31. The van der Waals surface area contributed by atoms with E-state index in [-0.39, 0.29) is 0 Å². The zero-order valence-corrected chi connectivity index (χ0v) is 13.0. The summed E-state index contributed by atoms with van der Waals surface area (Å²) in [4.78, 5) is 17.6. The average molecular weight is 319 g/mol. The van der Waals surface area contributed by atoms with Gasteiger partial charge in [0.2, 0.25) is 5.13 Å². The van der Waals surface area contributed by atoms with Crippen molar-refractivity contribution in [3.8, 4) is 5.75 Å². The van der Waals surface area contributed by atoms with Crippen molar-refractivity contribution in [3.63, 3.8) is 0 Å². The maximum atomic E-state index is 11.3. The van der Waals surface area contributed by atoms with E-state index < -0.39 is 12.0 Å². The van der Waals surface area contributed by atoms with Crippen molar-refractivity contribution < 1.29 is 14.6 Å². The number of rotatable bonds is 5. The Morgan fingerprint density at radius 3 is 3.18 bits per heavy atom. The summed E-state index contributed by atoms with van der Waals surface area (Å²) in [5.41, 5.74) is 1.07. The van der Waals surface area contributed by atoms with Crippen LogP contribution in [0.25, 0.3) is 0 Å². The molecule has 0 unspecified atom stereocenters. The standard InChI is InChI=1S/C15H17N3O3S/c1-21-11-5-2-4-10(8-11)9-13-16-15(22-17-13)18-7-3-6-12(18)14(19)20/h2,4-5,8,12H,3,6-7,9H2,1H3,(H,19,20)/t12-/m0/s1. The maximum Gasteiger partial charge on any atom is 0.326 e. The van der Waals surface area contributed by atoms with Crippen molar-refractivity contribution in [1.29, 1.82) is 0 Å². The first kappa shape index (κ1) is 14.8. The lowest BCUT2D eigenvalue weighted by Crippen LogP contribution is -2.35. The number of carboxylic acids is 1. The van der Waals surface area contributed by atoms with E-state index in [0.717, 1.165) is 24.3 Å². The first-order valence-electron chi connectivity index (χ1n) is 7.12. The highest BCUT2D eigenvalue weighted by atomic mass is 32.1. The highest BCUT2D eigenvalue weighted by Crippen LogP contribution is 2.27. The fourth-order valence-electron chi connectivity index (χ4n) is 2.65. The predicted molar refractivity (Wildman–Crippen MR) is 83.7 cm³/mol. The lowest BCUT2D eigenvalue weighted by molar-refractivity contribution is -0.138. The highest BCUT2D eigenvalue weighted by molar-refractivity contribution is 7.09. The molecule has 1 aromatic carbocycles. The van der Waals surface area contributed by atoms with E-state index in [1.807, 2.05) is 29.2 Å². The zero-order chi connectivity index (χ0) is 15.5. The first-order chi connectivity index (χ1) is 10.7. The third kappa shape index (κ3) is 3.04. The van der Waals surface area contributed by atoms with Gasteiger partial charge in [0.25, 0.3) is 0 Å². The molecule has 116 valence electrons. The van der Waals surface area contributed by atoms with Crippen LogP contribution in [0.5, 0.6) is 5.75 Å². The molecule has 2 aromatic rings. The monoisotopic (exact) mass is 319 g/mol. The van der Waals surface area contributed by atoms with E-state index in [2.05, 4.69) is 9.36 Å². The molecular weight excluding hydrogens is 302 g/mol. The third-order valence-electron chi connectivity index (χ3n) is 3.74. The Morgan fingerprint density at radius 2 is 2.41 bits per heavy atom. The molecular formula is C15H17N3O3S. The van der Waals surface area contributed by atoms with Crippen LogP contribution < -0.4 is 9.64 Å². The van der Waals surface area contributed by atoms with Crippen LogP contribution >= 0.6 is 11.5 Å². The van der Waals surface area contributed by atoms with Crippen LogP contribution in [0.15, 0.2) is 24.3 Å².